The lowest BCUT2D eigenvalue weighted by atomic mass is 9.76. The summed E-state index contributed by atoms with van der Waals surface area (Å²) in [6, 6.07) is 0.0941. The van der Waals surface area contributed by atoms with Crippen LogP contribution in [0.25, 0.3) is 0 Å². The average Bonchev–Trinajstić information content (AvgIpc) is 3.47. The first-order valence-corrected chi connectivity index (χ1v) is 12.0. The molecule has 4 aliphatic heterocycles. The molecule has 0 saturated carbocycles. The number of hydrogen-bond acceptors (Lipinski definition) is 6. The molecule has 2 amide bonds. The van der Waals surface area contributed by atoms with Crippen molar-refractivity contribution in [1.29, 1.82) is 0 Å². The third-order valence-corrected chi connectivity index (χ3v) is 8.75. The van der Waals surface area contributed by atoms with Gasteiger partial charge < -0.3 is 14.5 Å². The lowest BCUT2D eigenvalue weighted by Crippen LogP contribution is -2.48. The number of aryl methyl sites for hydroxylation is 1. The summed E-state index contributed by atoms with van der Waals surface area (Å²) in [6.45, 7) is 9.30. The van der Waals surface area contributed by atoms with E-state index in [0.29, 0.717) is 19.6 Å². The molecule has 8 heteroatoms. The largest absolute Gasteiger partial charge is 0.360 e. The van der Waals surface area contributed by atoms with Gasteiger partial charge in [-0.25, -0.2) is 4.98 Å². The second-order valence-electron chi connectivity index (χ2n) is 9.58. The Morgan fingerprint density at radius 1 is 1.29 bits per heavy atom. The van der Waals surface area contributed by atoms with Gasteiger partial charge in [0.1, 0.15) is 5.60 Å². The third kappa shape index (κ3) is 3.09. The number of aromatic nitrogens is 1. The summed E-state index contributed by atoms with van der Waals surface area (Å²) in [5.41, 5.74) is 0.170. The summed E-state index contributed by atoms with van der Waals surface area (Å²) in [7, 11) is 0. The Hall–Kier alpha value is -2.06. The minimum atomic E-state index is -0.633. The predicted molar refractivity (Wildman–Crippen MR) is 116 cm³/mol. The highest BCUT2D eigenvalue weighted by Crippen LogP contribution is 2.53. The molecule has 31 heavy (non-hydrogen) atoms. The Kier molecular flexibility index (Phi) is 4.86. The highest BCUT2D eigenvalue weighted by molar-refractivity contribution is 7.13. The smallest absolute Gasteiger partial charge is 0.230 e. The van der Waals surface area contributed by atoms with Gasteiger partial charge in [0.25, 0.3) is 0 Å². The van der Waals surface area contributed by atoms with Gasteiger partial charge in [-0.15, -0.1) is 11.3 Å². The van der Waals surface area contributed by atoms with Crippen LogP contribution >= 0.6 is 11.3 Å². The Bertz CT molecular complexity index is 977. The van der Waals surface area contributed by atoms with Gasteiger partial charge in [-0.05, 0) is 33.6 Å². The van der Waals surface area contributed by atoms with Crippen molar-refractivity contribution in [2.24, 2.45) is 11.8 Å². The molecule has 4 aliphatic rings. The van der Waals surface area contributed by atoms with Crippen LogP contribution in [0.5, 0.6) is 0 Å². The lowest BCUT2D eigenvalue weighted by Gasteiger charge is -2.35. The van der Waals surface area contributed by atoms with E-state index < -0.39 is 17.4 Å². The number of rotatable bonds is 4. The molecule has 2 bridgehead atoms. The standard InChI is InChI=1S/C23H29N3O4S/c1-12(2)26-11-23-8-5-16(30-23)17(18(23)22(26)29)21(28)25-9-6-15(7-10-25)20-24-13(3)19(31-20)14(4)27/h5,8,12,15-18H,6-7,9-11H2,1-4H3/t16-,17-,18+,23+/m1/s1. The summed E-state index contributed by atoms with van der Waals surface area (Å²) in [6.07, 6.45) is 5.34. The minimum Gasteiger partial charge on any atom is -0.360 e. The van der Waals surface area contributed by atoms with Gasteiger partial charge in [-0.3, -0.25) is 14.4 Å². The van der Waals surface area contributed by atoms with Crippen molar-refractivity contribution in [3.8, 4) is 0 Å². The van der Waals surface area contributed by atoms with Crippen molar-refractivity contribution in [3.05, 3.63) is 27.7 Å². The van der Waals surface area contributed by atoms with Crippen LogP contribution in [0.4, 0.5) is 0 Å². The fourth-order valence-electron chi connectivity index (χ4n) is 5.72. The zero-order valence-electron chi connectivity index (χ0n) is 18.5. The summed E-state index contributed by atoms with van der Waals surface area (Å²) < 4.78 is 6.23. The van der Waals surface area contributed by atoms with E-state index in [-0.39, 0.29) is 35.7 Å². The molecule has 5 rings (SSSR count). The second-order valence-corrected chi connectivity index (χ2v) is 10.6. The molecule has 1 aromatic rings. The average molecular weight is 444 g/mol. The molecule has 0 N–H and O–H groups in total. The zero-order chi connectivity index (χ0) is 22.1. The monoisotopic (exact) mass is 443 g/mol. The van der Waals surface area contributed by atoms with Crippen LogP contribution in [0.3, 0.4) is 0 Å². The predicted octanol–water partition coefficient (Wildman–Crippen LogP) is 2.55. The van der Waals surface area contributed by atoms with Crippen LogP contribution in [0, 0.1) is 18.8 Å². The van der Waals surface area contributed by atoms with E-state index in [2.05, 4.69) is 4.98 Å². The van der Waals surface area contributed by atoms with E-state index in [1.165, 1.54) is 11.3 Å². The van der Waals surface area contributed by atoms with Crippen LogP contribution in [0.2, 0.25) is 0 Å². The number of carbonyl (C=O) groups is 3. The zero-order valence-corrected chi connectivity index (χ0v) is 19.3. The van der Waals surface area contributed by atoms with Crippen molar-refractivity contribution in [2.45, 2.75) is 64.2 Å². The van der Waals surface area contributed by atoms with Gasteiger partial charge in [0.2, 0.25) is 11.8 Å². The van der Waals surface area contributed by atoms with Crippen molar-refractivity contribution < 1.29 is 19.1 Å². The van der Waals surface area contributed by atoms with Gasteiger partial charge in [-0.1, -0.05) is 12.2 Å². The van der Waals surface area contributed by atoms with E-state index in [1.54, 1.807) is 6.92 Å². The number of fused-ring (bicyclic) bond motifs is 1. The molecular weight excluding hydrogens is 414 g/mol. The Balaban J connectivity index is 1.29. The molecule has 5 heterocycles. The Labute approximate surface area is 186 Å². The summed E-state index contributed by atoms with van der Waals surface area (Å²) in [5.74, 6) is -0.417. The van der Waals surface area contributed by atoms with Crippen LogP contribution in [0.15, 0.2) is 12.2 Å². The molecule has 0 aliphatic carbocycles. The molecule has 3 fully saturated rings. The molecule has 166 valence electrons. The van der Waals surface area contributed by atoms with Gasteiger partial charge in [0.05, 0.1) is 40.1 Å². The normalized spacial score (nSPS) is 32.4. The van der Waals surface area contributed by atoms with Gasteiger partial charge in [0.15, 0.2) is 5.78 Å². The molecule has 0 radical (unpaired) electrons. The number of ether oxygens (including phenoxy) is 1. The molecule has 1 aromatic heterocycles. The molecule has 7 nitrogen and oxygen atoms in total. The fourth-order valence-corrected chi connectivity index (χ4v) is 6.85. The maximum absolute atomic E-state index is 13.5. The summed E-state index contributed by atoms with van der Waals surface area (Å²) in [4.78, 5) is 47.6. The van der Waals surface area contributed by atoms with Crippen molar-refractivity contribution in [1.82, 2.24) is 14.8 Å². The first-order chi connectivity index (χ1) is 14.7. The second kappa shape index (κ2) is 7.24. The topological polar surface area (TPSA) is 79.8 Å². The highest BCUT2D eigenvalue weighted by Gasteiger charge is 2.67. The maximum Gasteiger partial charge on any atom is 0.230 e. The SMILES string of the molecule is CC(=O)c1sc(C2CCN(C(=O)[C@H]3[C@H]4C(=O)N(C(C)C)C[C@@]45C=C[C@H]3O5)CC2)nc1C. The van der Waals surface area contributed by atoms with E-state index in [9.17, 15) is 14.4 Å². The van der Waals surface area contributed by atoms with E-state index >= 15 is 0 Å². The summed E-state index contributed by atoms with van der Waals surface area (Å²) in [5, 5.41) is 0.999. The van der Waals surface area contributed by atoms with E-state index in [0.717, 1.165) is 28.4 Å². The van der Waals surface area contributed by atoms with Gasteiger partial charge >= 0.3 is 0 Å². The van der Waals surface area contributed by atoms with Crippen LogP contribution in [-0.4, -0.2) is 69.8 Å². The number of amides is 2. The molecule has 0 unspecified atom stereocenters. The van der Waals surface area contributed by atoms with Crippen LogP contribution in [-0.2, 0) is 14.3 Å². The lowest BCUT2D eigenvalue weighted by molar-refractivity contribution is -0.144. The Morgan fingerprint density at radius 3 is 2.61 bits per heavy atom. The van der Waals surface area contributed by atoms with Gasteiger partial charge in [0, 0.05) is 32.0 Å². The van der Waals surface area contributed by atoms with Gasteiger partial charge in [-0.2, -0.15) is 0 Å². The van der Waals surface area contributed by atoms with Crippen molar-refractivity contribution in [3.63, 3.8) is 0 Å². The minimum absolute atomic E-state index is 0.0402. The molecular formula is C23H29N3O4S. The first kappa shape index (κ1) is 20.8. The van der Waals surface area contributed by atoms with Crippen LogP contribution in [0.1, 0.15) is 59.9 Å². The first-order valence-electron chi connectivity index (χ1n) is 11.2. The maximum atomic E-state index is 13.5. The number of piperidine rings is 1. The van der Waals surface area contributed by atoms with Crippen molar-refractivity contribution >= 4 is 28.9 Å². The highest BCUT2D eigenvalue weighted by atomic mass is 32.1. The van der Waals surface area contributed by atoms with E-state index in [4.69, 9.17) is 4.74 Å². The quantitative estimate of drug-likeness (QED) is 0.528. The van der Waals surface area contributed by atoms with E-state index in [1.807, 2.05) is 42.7 Å². The Morgan fingerprint density at radius 2 is 2.00 bits per heavy atom. The number of hydrogen-bond donors (Lipinski definition) is 0. The number of ketones is 1. The van der Waals surface area contributed by atoms with Crippen LogP contribution < -0.4 is 0 Å². The fraction of sp³-hybridized carbons (Fsp3) is 0.652. The molecule has 0 aromatic carbocycles. The summed E-state index contributed by atoms with van der Waals surface area (Å²) >= 11 is 1.49. The third-order valence-electron chi connectivity index (χ3n) is 7.33. The number of thiazole rings is 1. The number of carbonyl (C=O) groups excluding carboxylic acids is 3. The molecule has 3 saturated heterocycles. The number of Topliss-reactive ketones (excluding diaryl/α,β-unsaturated/α-hetero) is 1. The molecule has 1 spiro atoms. The van der Waals surface area contributed by atoms with Crippen molar-refractivity contribution in [2.75, 3.05) is 19.6 Å². The number of likely N-dealkylation sites (tertiary alicyclic amines) is 2. The molecule has 4 atom stereocenters. The number of nitrogens with zero attached hydrogens (tertiary/aromatic N) is 3.